The molecule has 1 fully saturated rings. The van der Waals surface area contributed by atoms with E-state index in [4.69, 9.17) is 11.5 Å². The van der Waals surface area contributed by atoms with Gasteiger partial charge in [-0.25, -0.2) is 4.79 Å². The maximum atomic E-state index is 14.4. The van der Waals surface area contributed by atoms with Crippen LogP contribution in [-0.2, 0) is 64.0 Å². The summed E-state index contributed by atoms with van der Waals surface area (Å²) in [6.07, 6.45) is -3.06. The molecule has 2 rings (SSSR count). The number of carbonyl (C=O) groups is 12. The molecule has 1 heterocycles. The standard InChI is InChI=1S/C48H76N12O16/c1-8-24(4)37(45(72)52-25(5)40(67)59-39(27(7)63)48(75)76)58-43(70)32(22-61)53-36(66)21-51-44(71)33-15-12-16-60(33)47(74)31(18-28-13-10-9-11-14-28)56-42(69)30(19-34(50)64)54-41(68)29(17-23(2)3)55-46(73)38(26(6)62)57-35(65)20-49/h9-11,13-14,23-27,29-33,37-39,61-63H,8,12,15-22,49H2,1-7H3,(H2,50,64)(H,51,71)(H,52,72)(H,53,66)(H,54,68)(H,55,73)(H,56,69)(H,57,65)(H,58,70)(H,59,67)(H,75,76)/t24-,25-,26+,27+,29-,30-,31-,32-,33-,37-,38-,39-/m0/s1. The summed E-state index contributed by atoms with van der Waals surface area (Å²) < 4.78 is 0. The summed E-state index contributed by atoms with van der Waals surface area (Å²) in [7, 11) is 0. The Balaban J connectivity index is 2.26. The highest BCUT2D eigenvalue weighted by molar-refractivity contribution is 5.99. The normalized spacial score (nSPS) is 17.5. The maximum absolute atomic E-state index is 14.4. The number of aliphatic carboxylic acids is 1. The number of nitrogens with two attached hydrogens (primary N) is 2. The molecule has 12 atom stereocenters. The number of nitrogens with zero attached hydrogens (tertiary/aromatic N) is 1. The first-order valence-corrected chi connectivity index (χ1v) is 24.9. The van der Waals surface area contributed by atoms with Crippen molar-refractivity contribution in [3.8, 4) is 0 Å². The first-order chi connectivity index (χ1) is 35.6. The molecule has 17 N–H and O–H groups in total. The first kappa shape index (κ1) is 64.8. The molecule has 1 aliphatic heterocycles. The molecule has 11 amide bonds. The molecule has 424 valence electrons. The number of rotatable bonds is 31. The molecule has 0 aromatic heterocycles. The molecule has 0 spiro atoms. The highest BCUT2D eigenvalue weighted by Gasteiger charge is 2.40. The van der Waals surface area contributed by atoms with Gasteiger partial charge in [-0.3, -0.25) is 52.7 Å². The summed E-state index contributed by atoms with van der Waals surface area (Å²) in [5.74, 6) is -12.4. The summed E-state index contributed by atoms with van der Waals surface area (Å²) in [6.45, 7) is 8.18. The fourth-order valence-electron chi connectivity index (χ4n) is 7.83. The zero-order chi connectivity index (χ0) is 57.6. The first-order valence-electron chi connectivity index (χ1n) is 24.9. The van der Waals surface area contributed by atoms with Gasteiger partial charge in [0.1, 0.15) is 48.3 Å². The molecule has 76 heavy (non-hydrogen) atoms. The smallest absolute Gasteiger partial charge is 0.328 e. The third-order valence-electron chi connectivity index (χ3n) is 12.2. The molecule has 0 bridgehead atoms. The quantitative estimate of drug-likeness (QED) is 0.0329. The second-order valence-corrected chi connectivity index (χ2v) is 19.0. The number of aliphatic hydroxyl groups excluding tert-OH is 3. The lowest BCUT2D eigenvalue weighted by Crippen LogP contribution is -2.61. The minimum absolute atomic E-state index is 0.0110. The lowest BCUT2D eigenvalue weighted by Gasteiger charge is -2.30. The minimum atomic E-state index is -1.70. The zero-order valence-corrected chi connectivity index (χ0v) is 43.8. The van der Waals surface area contributed by atoms with Gasteiger partial charge >= 0.3 is 5.97 Å². The van der Waals surface area contributed by atoms with Gasteiger partial charge < -0.3 is 84.6 Å². The van der Waals surface area contributed by atoms with E-state index in [1.54, 1.807) is 58.0 Å². The number of amides is 11. The van der Waals surface area contributed by atoms with E-state index in [1.165, 1.54) is 18.7 Å². The second-order valence-electron chi connectivity index (χ2n) is 19.0. The molecule has 0 aliphatic carbocycles. The molecule has 28 nitrogen and oxygen atoms in total. The number of carboxylic acid groups (broad SMARTS) is 1. The fraction of sp³-hybridized carbons (Fsp3) is 0.625. The summed E-state index contributed by atoms with van der Waals surface area (Å²) in [6, 6.07) is -4.78. The van der Waals surface area contributed by atoms with Gasteiger partial charge in [-0.15, -0.1) is 0 Å². The van der Waals surface area contributed by atoms with E-state index in [-0.39, 0.29) is 31.7 Å². The number of carboxylic acids is 1. The van der Waals surface area contributed by atoms with Gasteiger partial charge in [0.2, 0.25) is 65.0 Å². The van der Waals surface area contributed by atoms with E-state index in [0.717, 1.165) is 6.92 Å². The van der Waals surface area contributed by atoms with Crippen molar-refractivity contribution in [1.29, 1.82) is 0 Å². The van der Waals surface area contributed by atoms with Crippen molar-refractivity contribution < 1.29 is 78.0 Å². The van der Waals surface area contributed by atoms with Crippen LogP contribution in [0.3, 0.4) is 0 Å². The van der Waals surface area contributed by atoms with Crippen LogP contribution in [0.1, 0.15) is 86.1 Å². The Morgan fingerprint density at radius 1 is 0.658 bits per heavy atom. The average Bonchev–Trinajstić information content (AvgIpc) is 3.86. The largest absolute Gasteiger partial charge is 0.480 e. The number of aliphatic hydroxyl groups is 3. The van der Waals surface area contributed by atoms with Gasteiger partial charge in [0, 0.05) is 13.0 Å². The minimum Gasteiger partial charge on any atom is -0.480 e. The van der Waals surface area contributed by atoms with E-state index < -0.39 is 170 Å². The molecular formula is C48H76N12O16. The molecule has 0 saturated carbocycles. The van der Waals surface area contributed by atoms with Gasteiger partial charge in [-0.2, -0.15) is 0 Å². The van der Waals surface area contributed by atoms with Crippen LogP contribution in [0, 0.1) is 11.8 Å². The summed E-state index contributed by atoms with van der Waals surface area (Å²) in [4.78, 5) is 159. The van der Waals surface area contributed by atoms with Gasteiger partial charge in [-0.1, -0.05) is 64.4 Å². The summed E-state index contributed by atoms with van der Waals surface area (Å²) in [5.41, 5.74) is 11.4. The van der Waals surface area contributed by atoms with Crippen LogP contribution in [-0.4, -0.2) is 189 Å². The van der Waals surface area contributed by atoms with Crippen molar-refractivity contribution in [3.05, 3.63) is 35.9 Å². The van der Waals surface area contributed by atoms with Crippen LogP contribution < -0.4 is 59.3 Å². The Bertz CT molecular complexity index is 2220. The molecule has 1 aromatic carbocycles. The van der Waals surface area contributed by atoms with Crippen molar-refractivity contribution in [2.45, 2.75) is 154 Å². The monoisotopic (exact) mass is 1080 g/mol. The number of benzene rings is 1. The molecule has 1 aliphatic rings. The number of likely N-dealkylation sites (tertiary alicyclic amines) is 1. The fourth-order valence-corrected chi connectivity index (χ4v) is 7.83. The van der Waals surface area contributed by atoms with Crippen LogP contribution in [0.4, 0.5) is 0 Å². The third-order valence-corrected chi connectivity index (χ3v) is 12.2. The van der Waals surface area contributed by atoms with Crippen molar-refractivity contribution in [1.82, 2.24) is 52.8 Å². The number of nitrogens with one attached hydrogen (secondary N) is 9. The lowest BCUT2D eigenvalue weighted by atomic mass is 9.97. The summed E-state index contributed by atoms with van der Waals surface area (Å²) >= 11 is 0. The Labute approximate surface area is 439 Å². The summed E-state index contributed by atoms with van der Waals surface area (Å²) in [5, 5.41) is 60.6. The van der Waals surface area contributed by atoms with Gasteiger partial charge in [0.25, 0.3) is 0 Å². The van der Waals surface area contributed by atoms with Crippen LogP contribution >= 0.6 is 0 Å². The van der Waals surface area contributed by atoms with E-state index >= 15 is 0 Å². The number of carbonyl (C=O) groups excluding carboxylic acids is 11. The molecule has 1 aromatic rings. The van der Waals surface area contributed by atoms with Crippen molar-refractivity contribution in [3.63, 3.8) is 0 Å². The van der Waals surface area contributed by atoms with Crippen molar-refractivity contribution in [2.24, 2.45) is 23.3 Å². The Kier molecular flexibility index (Phi) is 26.9. The van der Waals surface area contributed by atoms with Crippen molar-refractivity contribution in [2.75, 3.05) is 26.2 Å². The molecule has 28 heteroatoms. The molecule has 0 radical (unpaired) electrons. The Hall–Kier alpha value is -7.30. The SMILES string of the molecule is CC[C@H](C)[C@H](NC(=O)[C@H](CO)NC(=O)CNC(=O)[C@@H]1CCCN1C(=O)[C@H](Cc1ccccc1)NC(=O)[C@H](CC(N)=O)NC(=O)[C@H](CC(C)C)NC(=O)[C@@H](NC(=O)CN)[C@@H](C)O)C(=O)N[C@@H](C)C(=O)N[C@H](C(=O)O)[C@@H](C)O. The van der Waals surface area contributed by atoms with E-state index in [1.807, 2.05) is 0 Å². The lowest BCUT2D eigenvalue weighted by molar-refractivity contribution is -0.145. The molecular weight excluding hydrogens is 1000 g/mol. The second kappa shape index (κ2) is 31.6. The maximum Gasteiger partial charge on any atom is 0.328 e. The van der Waals surface area contributed by atoms with Gasteiger partial charge in [0.05, 0.1) is 38.3 Å². The zero-order valence-electron chi connectivity index (χ0n) is 43.8. The third kappa shape index (κ3) is 20.8. The average molecular weight is 1080 g/mol. The van der Waals surface area contributed by atoms with E-state index in [0.29, 0.717) is 18.4 Å². The van der Waals surface area contributed by atoms with Crippen LogP contribution in [0.2, 0.25) is 0 Å². The topological polar surface area (TPSA) is 449 Å². The number of primary amides is 1. The Morgan fingerprint density at radius 3 is 1.75 bits per heavy atom. The highest BCUT2D eigenvalue weighted by Crippen LogP contribution is 2.20. The van der Waals surface area contributed by atoms with Gasteiger partial charge in [-0.05, 0) is 57.4 Å². The van der Waals surface area contributed by atoms with E-state index in [2.05, 4.69) is 47.9 Å². The Morgan fingerprint density at radius 2 is 1.21 bits per heavy atom. The number of hydrogen-bond acceptors (Lipinski definition) is 16. The number of hydrogen-bond donors (Lipinski definition) is 15. The van der Waals surface area contributed by atoms with E-state index in [9.17, 15) is 78.0 Å². The van der Waals surface area contributed by atoms with Crippen LogP contribution in [0.25, 0.3) is 0 Å². The predicted molar refractivity (Wildman–Crippen MR) is 269 cm³/mol. The molecule has 1 saturated heterocycles. The highest BCUT2D eigenvalue weighted by atomic mass is 16.4. The van der Waals surface area contributed by atoms with Crippen LogP contribution in [0.5, 0.6) is 0 Å². The van der Waals surface area contributed by atoms with Gasteiger partial charge in [0.15, 0.2) is 6.04 Å². The predicted octanol–water partition coefficient (Wildman–Crippen LogP) is -6.00. The van der Waals surface area contributed by atoms with Crippen LogP contribution in [0.15, 0.2) is 30.3 Å². The molecule has 0 unspecified atom stereocenters. The van der Waals surface area contributed by atoms with Crippen molar-refractivity contribution >= 4 is 70.9 Å².